The smallest absolute Gasteiger partial charge is 0.477 e. The number of nitrogens with zero attached hydrogens (tertiary/aromatic N) is 2. The molecule has 6 N–H and O–H groups in total. The fourth-order valence-electron chi connectivity index (χ4n) is 3.02. The molecule has 0 aliphatic carbocycles. The molecule has 0 aromatic carbocycles. The number of carboxylic acids is 2. The molecule has 39 heavy (non-hydrogen) atoms. The highest BCUT2D eigenvalue weighted by molar-refractivity contribution is 8.00. The largest absolute Gasteiger partial charge is 0.490 e. The molecule has 0 spiro atoms. The fourth-order valence-corrected chi connectivity index (χ4v) is 5.18. The number of rotatable bonds is 7. The van der Waals surface area contributed by atoms with Gasteiger partial charge in [-0.25, -0.2) is 9.59 Å². The summed E-state index contributed by atoms with van der Waals surface area (Å²) in [5, 5.41) is 20.1. The number of aliphatic carboxylic acids is 2. The van der Waals surface area contributed by atoms with E-state index >= 15 is 0 Å². The van der Waals surface area contributed by atoms with Crippen molar-refractivity contribution in [2.24, 2.45) is 10.7 Å². The zero-order valence-corrected chi connectivity index (χ0v) is 21.9. The Kier molecular flexibility index (Phi) is 10.7. The van der Waals surface area contributed by atoms with Gasteiger partial charge >= 0.3 is 24.1 Å². The number of carbonyl (C=O) groups is 6. The van der Waals surface area contributed by atoms with Crippen LogP contribution >= 0.6 is 34.7 Å². The number of amides is 3. The Morgan fingerprint density at radius 2 is 1.95 bits per heavy atom. The zero-order chi connectivity index (χ0) is 29.7. The number of fused-ring (bicyclic) bond motifs is 1. The van der Waals surface area contributed by atoms with Gasteiger partial charge in [0.1, 0.15) is 35.6 Å². The molecule has 3 atom stereocenters. The molecule has 1 aromatic heterocycles. The molecular weight excluding hydrogens is 599 g/mol. The molecule has 0 radical (unpaired) electrons. The number of nitrogens with two attached hydrogens (primary N) is 1. The molecule has 214 valence electrons. The highest BCUT2D eigenvalue weighted by Gasteiger charge is 2.54. The van der Waals surface area contributed by atoms with Crippen molar-refractivity contribution in [3.8, 4) is 0 Å². The molecule has 20 heteroatoms. The maximum absolute atomic E-state index is 12.6. The van der Waals surface area contributed by atoms with E-state index in [1.165, 1.54) is 24.1 Å². The second-order valence-electron chi connectivity index (χ2n) is 7.47. The number of thiazole rings is 1. The Morgan fingerprint density at radius 1 is 1.33 bits per heavy atom. The van der Waals surface area contributed by atoms with Crippen LogP contribution in [-0.2, 0) is 33.5 Å². The van der Waals surface area contributed by atoms with E-state index < -0.39 is 59.3 Å². The zero-order valence-electron chi connectivity index (χ0n) is 19.5. The summed E-state index contributed by atoms with van der Waals surface area (Å²) in [7, 11) is 0. The topological polar surface area (TPSA) is 222 Å². The standard InChI is InChI=1S/C17H18ClN5O7S2.C2HF3O2/c1-6(24)30-3-7-4-31-15-11(14(27)23(15)12(7)16(28)29)22-13(26)10(19)8-5-32-17(20-8)21-9(25)2-18;3-2(4,5)1(6)7/h5,10-11,15H,2-4,19H2,1H3,(H,22,26)(H,28,29)(H,20,21,25);(H,6,7)/t10?,11-,15+;/m1./s1. The van der Waals surface area contributed by atoms with Crippen LogP contribution in [0.3, 0.4) is 0 Å². The maximum atomic E-state index is 12.6. The molecule has 2 aliphatic rings. The molecule has 1 unspecified atom stereocenters. The third-order valence-corrected chi connectivity index (χ3v) is 7.10. The van der Waals surface area contributed by atoms with E-state index in [4.69, 9.17) is 32.0 Å². The van der Waals surface area contributed by atoms with Crippen LogP contribution in [0.5, 0.6) is 0 Å². The number of β-lactam (4-membered cyclic amide) rings is 1. The SMILES string of the molecule is CC(=O)OCC1=C(C(=O)O)N2C(=O)[C@@H](NC(=O)C(N)c3csc(=NC(=O)CCl)[nH]3)[C@@H]2SC1.O=C(O)C(F)(F)F. The lowest BCUT2D eigenvalue weighted by atomic mass is 10.0. The molecule has 3 rings (SSSR count). The Balaban J connectivity index is 0.000000673. The average Bonchev–Trinajstić information content (AvgIpc) is 3.32. The first-order valence-corrected chi connectivity index (χ1v) is 12.7. The first kappa shape index (κ1) is 31.8. The molecule has 3 heterocycles. The minimum absolute atomic E-state index is 0.208. The van der Waals surface area contributed by atoms with Crippen molar-refractivity contribution in [1.29, 1.82) is 0 Å². The Bertz CT molecular complexity index is 1280. The summed E-state index contributed by atoms with van der Waals surface area (Å²) in [5.74, 6) is -6.58. The summed E-state index contributed by atoms with van der Waals surface area (Å²) in [4.78, 5) is 75.9. The molecular formula is C19H19ClF3N5O9S2. The molecule has 3 amide bonds. The van der Waals surface area contributed by atoms with Gasteiger partial charge in [-0.1, -0.05) is 0 Å². The minimum Gasteiger partial charge on any atom is -0.477 e. The number of aromatic amines is 1. The van der Waals surface area contributed by atoms with E-state index in [1.54, 1.807) is 0 Å². The van der Waals surface area contributed by atoms with Gasteiger partial charge in [-0.3, -0.25) is 24.1 Å². The Labute approximate surface area is 229 Å². The van der Waals surface area contributed by atoms with E-state index in [9.17, 15) is 42.3 Å². The number of halogens is 4. The average molecular weight is 618 g/mol. The van der Waals surface area contributed by atoms with Crippen molar-refractivity contribution in [2.45, 2.75) is 30.6 Å². The van der Waals surface area contributed by atoms with Crippen LogP contribution in [0, 0.1) is 0 Å². The van der Waals surface area contributed by atoms with E-state index in [1.807, 2.05) is 0 Å². The number of hydrogen-bond acceptors (Lipinski definition) is 10. The molecule has 0 bridgehead atoms. The van der Waals surface area contributed by atoms with Crippen molar-refractivity contribution in [3.05, 3.63) is 27.1 Å². The van der Waals surface area contributed by atoms with Crippen molar-refractivity contribution in [1.82, 2.24) is 15.2 Å². The molecule has 1 saturated heterocycles. The highest BCUT2D eigenvalue weighted by atomic mass is 35.5. The van der Waals surface area contributed by atoms with E-state index in [0.717, 1.165) is 16.2 Å². The maximum Gasteiger partial charge on any atom is 0.490 e. The van der Waals surface area contributed by atoms with Crippen molar-refractivity contribution < 1.29 is 56.9 Å². The fraction of sp³-hybridized carbons (Fsp3) is 0.421. The number of esters is 1. The molecule has 2 aliphatic heterocycles. The number of thioether (sulfide) groups is 1. The van der Waals surface area contributed by atoms with E-state index in [2.05, 4.69) is 15.3 Å². The van der Waals surface area contributed by atoms with Gasteiger partial charge in [-0.2, -0.15) is 18.2 Å². The third kappa shape index (κ3) is 8.04. The van der Waals surface area contributed by atoms with Crippen LogP contribution in [0.15, 0.2) is 21.6 Å². The number of aromatic nitrogens is 1. The molecule has 1 aromatic rings. The summed E-state index contributed by atoms with van der Waals surface area (Å²) in [6, 6.07) is -2.14. The minimum atomic E-state index is -5.08. The van der Waals surface area contributed by atoms with Gasteiger partial charge in [0.25, 0.3) is 11.8 Å². The second kappa shape index (κ2) is 13.1. The predicted molar refractivity (Wildman–Crippen MR) is 127 cm³/mol. The summed E-state index contributed by atoms with van der Waals surface area (Å²) in [5.41, 5.74) is 6.27. The quantitative estimate of drug-likeness (QED) is 0.151. The lowest BCUT2D eigenvalue weighted by molar-refractivity contribution is -0.192. The molecule has 1 fully saturated rings. The van der Waals surface area contributed by atoms with Gasteiger partial charge in [0.15, 0.2) is 4.80 Å². The van der Waals surface area contributed by atoms with Gasteiger partial charge in [0.2, 0.25) is 5.91 Å². The number of carboxylic acid groups (broad SMARTS) is 2. The van der Waals surface area contributed by atoms with Crippen LogP contribution in [0.1, 0.15) is 18.7 Å². The van der Waals surface area contributed by atoms with Crippen molar-refractivity contribution in [3.63, 3.8) is 0 Å². The van der Waals surface area contributed by atoms with Crippen LogP contribution < -0.4 is 15.9 Å². The number of ether oxygens (including phenoxy) is 1. The van der Waals surface area contributed by atoms with Gasteiger partial charge in [-0.15, -0.1) is 34.7 Å². The van der Waals surface area contributed by atoms with Crippen LogP contribution in [-0.4, -0.2) is 91.6 Å². The first-order chi connectivity index (χ1) is 18.1. The number of H-pyrrole nitrogens is 1. The van der Waals surface area contributed by atoms with Crippen LogP contribution in [0.25, 0.3) is 0 Å². The van der Waals surface area contributed by atoms with Crippen LogP contribution in [0.2, 0.25) is 0 Å². The normalized spacial score (nSPS) is 19.7. The lowest BCUT2D eigenvalue weighted by Gasteiger charge is -2.49. The number of nitrogens with one attached hydrogen (secondary N) is 2. The van der Waals surface area contributed by atoms with E-state index in [0.29, 0.717) is 5.57 Å². The lowest BCUT2D eigenvalue weighted by Crippen LogP contribution is -2.71. The Morgan fingerprint density at radius 3 is 2.46 bits per heavy atom. The van der Waals surface area contributed by atoms with Gasteiger partial charge < -0.3 is 31.0 Å². The Hall–Kier alpha value is -3.42. The van der Waals surface area contributed by atoms with Gasteiger partial charge in [-0.05, 0) is 0 Å². The number of hydrogen-bond donors (Lipinski definition) is 5. The summed E-state index contributed by atoms with van der Waals surface area (Å²) in [6.45, 7) is 0.955. The third-order valence-electron chi connectivity index (χ3n) is 4.75. The van der Waals surface area contributed by atoms with Crippen molar-refractivity contribution in [2.75, 3.05) is 18.2 Å². The summed E-state index contributed by atoms with van der Waals surface area (Å²) in [6.07, 6.45) is -5.08. The predicted octanol–water partition coefficient (Wildman–Crippen LogP) is -0.323. The van der Waals surface area contributed by atoms with E-state index in [-0.39, 0.29) is 34.4 Å². The molecule has 14 nitrogen and oxygen atoms in total. The summed E-state index contributed by atoms with van der Waals surface area (Å²) < 4.78 is 36.6. The van der Waals surface area contributed by atoms with Crippen molar-refractivity contribution >= 4 is 70.3 Å². The monoisotopic (exact) mass is 617 g/mol. The highest BCUT2D eigenvalue weighted by Crippen LogP contribution is 2.40. The molecule has 0 saturated carbocycles. The first-order valence-electron chi connectivity index (χ1n) is 10.3. The number of carbonyl (C=O) groups excluding carboxylic acids is 4. The van der Waals surface area contributed by atoms with Gasteiger partial charge in [0, 0.05) is 23.6 Å². The second-order valence-corrected chi connectivity index (χ2v) is 9.70. The number of alkyl halides is 4. The summed E-state index contributed by atoms with van der Waals surface area (Å²) >= 11 is 7.69. The van der Waals surface area contributed by atoms with Crippen LogP contribution in [0.4, 0.5) is 13.2 Å². The van der Waals surface area contributed by atoms with Gasteiger partial charge in [0.05, 0.1) is 5.69 Å².